The first-order valence-electron chi connectivity index (χ1n) is 6.76. The molecule has 1 heterocycles. The Morgan fingerprint density at radius 2 is 2.11 bits per heavy atom. The van der Waals surface area contributed by atoms with Crippen LogP contribution in [0.15, 0.2) is 36.7 Å². The molecule has 0 radical (unpaired) electrons. The first kappa shape index (κ1) is 13.7. The summed E-state index contributed by atoms with van der Waals surface area (Å²) < 4.78 is 15.8. The summed E-state index contributed by atoms with van der Waals surface area (Å²) in [6.07, 6.45) is 4.79. The molecule has 0 aliphatic carbocycles. The third-order valence-corrected chi connectivity index (χ3v) is 3.13. The largest absolute Gasteiger partial charge is 0.306 e. The number of aromatic nitrogens is 2. The lowest BCUT2D eigenvalue weighted by Gasteiger charge is -2.18. The van der Waals surface area contributed by atoms with Gasteiger partial charge in [0.25, 0.3) is 0 Å². The maximum atomic E-state index is 14.0. The van der Waals surface area contributed by atoms with Gasteiger partial charge in [0.05, 0.1) is 12.2 Å². The van der Waals surface area contributed by atoms with Crippen LogP contribution in [-0.2, 0) is 6.54 Å². The minimum Gasteiger partial charge on any atom is -0.306 e. The van der Waals surface area contributed by atoms with Crippen molar-refractivity contribution < 1.29 is 4.39 Å². The summed E-state index contributed by atoms with van der Waals surface area (Å²) in [6, 6.07) is 6.77. The van der Waals surface area contributed by atoms with Crippen LogP contribution in [0.1, 0.15) is 37.4 Å². The maximum absolute atomic E-state index is 14.0. The summed E-state index contributed by atoms with van der Waals surface area (Å²) in [5, 5.41) is 7.66. The Morgan fingerprint density at radius 1 is 1.32 bits per heavy atom. The Bertz CT molecular complexity index is 522. The van der Waals surface area contributed by atoms with Crippen molar-refractivity contribution in [2.75, 3.05) is 6.54 Å². The van der Waals surface area contributed by atoms with Gasteiger partial charge in [-0.25, -0.2) is 4.39 Å². The second-order valence-corrected chi connectivity index (χ2v) is 4.54. The van der Waals surface area contributed by atoms with Crippen molar-refractivity contribution in [3.63, 3.8) is 0 Å². The highest BCUT2D eigenvalue weighted by Gasteiger charge is 2.18. The molecule has 3 nitrogen and oxygen atoms in total. The Balaban J connectivity index is 2.32. The van der Waals surface area contributed by atoms with Crippen LogP contribution >= 0.6 is 0 Å². The average Bonchev–Trinajstić information content (AvgIpc) is 2.90. The Labute approximate surface area is 113 Å². The molecule has 1 unspecified atom stereocenters. The van der Waals surface area contributed by atoms with Crippen molar-refractivity contribution in [1.82, 2.24) is 15.1 Å². The fraction of sp³-hybridized carbons (Fsp3) is 0.400. The van der Waals surface area contributed by atoms with Crippen molar-refractivity contribution in [1.29, 1.82) is 0 Å². The van der Waals surface area contributed by atoms with Gasteiger partial charge in [-0.1, -0.05) is 25.1 Å². The molecule has 0 aliphatic heterocycles. The molecule has 0 bridgehead atoms. The van der Waals surface area contributed by atoms with E-state index in [9.17, 15) is 4.39 Å². The van der Waals surface area contributed by atoms with E-state index in [1.807, 2.05) is 36.1 Å². The topological polar surface area (TPSA) is 29.9 Å². The van der Waals surface area contributed by atoms with Crippen molar-refractivity contribution >= 4 is 0 Å². The van der Waals surface area contributed by atoms with E-state index in [0.29, 0.717) is 5.56 Å². The second kappa shape index (κ2) is 6.48. The number of halogens is 1. The van der Waals surface area contributed by atoms with E-state index >= 15 is 0 Å². The zero-order valence-electron chi connectivity index (χ0n) is 11.4. The van der Waals surface area contributed by atoms with Crippen molar-refractivity contribution in [3.8, 4) is 0 Å². The van der Waals surface area contributed by atoms with Crippen LogP contribution in [0.25, 0.3) is 0 Å². The van der Waals surface area contributed by atoms with E-state index in [1.165, 1.54) is 6.07 Å². The predicted octanol–water partition coefficient (Wildman–Crippen LogP) is 3.13. The molecule has 19 heavy (non-hydrogen) atoms. The first-order chi connectivity index (χ1) is 9.26. The van der Waals surface area contributed by atoms with Crippen LogP contribution in [-0.4, -0.2) is 16.3 Å². The van der Waals surface area contributed by atoms with Crippen LogP contribution in [0.2, 0.25) is 0 Å². The van der Waals surface area contributed by atoms with Gasteiger partial charge < -0.3 is 5.32 Å². The number of nitrogens with zero attached hydrogens (tertiary/aromatic N) is 2. The molecule has 0 fully saturated rings. The third kappa shape index (κ3) is 3.20. The predicted molar refractivity (Wildman–Crippen MR) is 74.4 cm³/mol. The minimum absolute atomic E-state index is 0.138. The van der Waals surface area contributed by atoms with E-state index in [-0.39, 0.29) is 11.9 Å². The van der Waals surface area contributed by atoms with Gasteiger partial charge in [-0.05, 0) is 26.0 Å². The Hall–Kier alpha value is -1.68. The molecule has 2 aromatic rings. The molecule has 0 aliphatic rings. The summed E-state index contributed by atoms with van der Waals surface area (Å²) >= 11 is 0. The number of hydrogen-bond donors (Lipinski definition) is 1. The van der Waals surface area contributed by atoms with Crippen LogP contribution in [0.4, 0.5) is 4.39 Å². The molecule has 0 amide bonds. The van der Waals surface area contributed by atoms with Crippen LogP contribution in [0.3, 0.4) is 0 Å². The molecule has 0 saturated carbocycles. The fourth-order valence-electron chi connectivity index (χ4n) is 2.11. The molecule has 4 heteroatoms. The molecule has 0 spiro atoms. The molecule has 1 N–H and O–H groups in total. The highest BCUT2D eigenvalue weighted by molar-refractivity contribution is 5.30. The van der Waals surface area contributed by atoms with Gasteiger partial charge in [-0.15, -0.1) is 0 Å². The zero-order chi connectivity index (χ0) is 13.7. The van der Waals surface area contributed by atoms with Gasteiger partial charge in [-0.2, -0.15) is 5.10 Å². The van der Waals surface area contributed by atoms with Crippen LogP contribution in [0.5, 0.6) is 0 Å². The molecular weight excluding hydrogens is 241 g/mol. The number of benzene rings is 1. The summed E-state index contributed by atoms with van der Waals surface area (Å²) in [5.41, 5.74) is 1.67. The molecule has 0 saturated heterocycles. The normalized spacial score (nSPS) is 12.6. The lowest BCUT2D eigenvalue weighted by atomic mass is 10.0. The summed E-state index contributed by atoms with van der Waals surface area (Å²) in [6.45, 7) is 5.79. The van der Waals surface area contributed by atoms with E-state index < -0.39 is 0 Å². The SMILES string of the molecule is CCCNC(c1cnn(CC)c1)c1ccccc1F. The fourth-order valence-corrected chi connectivity index (χ4v) is 2.11. The van der Waals surface area contributed by atoms with Gasteiger partial charge in [0.15, 0.2) is 0 Å². The third-order valence-electron chi connectivity index (χ3n) is 3.13. The summed E-state index contributed by atoms with van der Waals surface area (Å²) in [5.74, 6) is -0.180. The lowest BCUT2D eigenvalue weighted by Crippen LogP contribution is -2.23. The summed E-state index contributed by atoms with van der Waals surface area (Å²) in [7, 11) is 0. The van der Waals surface area contributed by atoms with Gasteiger partial charge in [0, 0.05) is 23.9 Å². The van der Waals surface area contributed by atoms with Crippen molar-refractivity contribution in [3.05, 3.63) is 53.6 Å². The molecule has 1 aromatic heterocycles. The number of hydrogen-bond acceptors (Lipinski definition) is 2. The van der Waals surface area contributed by atoms with Gasteiger partial charge >= 0.3 is 0 Å². The van der Waals surface area contributed by atoms with Gasteiger partial charge in [0.1, 0.15) is 5.82 Å². The monoisotopic (exact) mass is 261 g/mol. The van der Waals surface area contributed by atoms with Crippen molar-refractivity contribution in [2.45, 2.75) is 32.9 Å². The molecule has 1 atom stereocenters. The van der Waals surface area contributed by atoms with E-state index in [0.717, 1.165) is 25.1 Å². The Kier molecular flexibility index (Phi) is 4.68. The highest BCUT2D eigenvalue weighted by atomic mass is 19.1. The van der Waals surface area contributed by atoms with Gasteiger partial charge in [0.2, 0.25) is 0 Å². The second-order valence-electron chi connectivity index (χ2n) is 4.54. The summed E-state index contributed by atoms with van der Waals surface area (Å²) in [4.78, 5) is 0. The van der Waals surface area contributed by atoms with E-state index in [1.54, 1.807) is 6.07 Å². The number of rotatable bonds is 6. The molecule has 1 aromatic carbocycles. The number of nitrogens with one attached hydrogen (secondary N) is 1. The van der Waals surface area contributed by atoms with Crippen molar-refractivity contribution in [2.24, 2.45) is 0 Å². The molecular formula is C15H20FN3. The average molecular weight is 261 g/mol. The highest BCUT2D eigenvalue weighted by Crippen LogP contribution is 2.24. The van der Waals surface area contributed by atoms with E-state index in [4.69, 9.17) is 0 Å². The number of aryl methyl sites for hydroxylation is 1. The quantitative estimate of drug-likeness (QED) is 0.865. The van der Waals surface area contributed by atoms with Crippen LogP contribution < -0.4 is 5.32 Å². The zero-order valence-corrected chi connectivity index (χ0v) is 11.4. The smallest absolute Gasteiger partial charge is 0.128 e. The minimum atomic E-state index is -0.180. The van der Waals surface area contributed by atoms with E-state index in [2.05, 4.69) is 17.3 Å². The Morgan fingerprint density at radius 3 is 2.74 bits per heavy atom. The lowest BCUT2D eigenvalue weighted by molar-refractivity contribution is 0.546. The van der Waals surface area contributed by atoms with Gasteiger partial charge in [-0.3, -0.25) is 4.68 Å². The van der Waals surface area contributed by atoms with Crippen LogP contribution in [0, 0.1) is 5.82 Å². The standard InChI is InChI=1S/C15H20FN3/c1-3-9-17-15(12-10-18-19(4-2)11-12)13-7-5-6-8-14(13)16/h5-8,10-11,15,17H,3-4,9H2,1-2H3. The molecule has 2 rings (SSSR count). The maximum Gasteiger partial charge on any atom is 0.128 e. The first-order valence-corrected chi connectivity index (χ1v) is 6.76. The molecule has 102 valence electrons.